The van der Waals surface area contributed by atoms with E-state index in [1.165, 1.54) is 0 Å². The van der Waals surface area contributed by atoms with Crippen LogP contribution in [-0.2, 0) is 4.79 Å². The van der Waals surface area contributed by atoms with E-state index in [1.54, 1.807) is 53.4 Å². The fourth-order valence-corrected chi connectivity index (χ4v) is 4.74. The zero-order valence-corrected chi connectivity index (χ0v) is 16.0. The van der Waals surface area contributed by atoms with E-state index in [-0.39, 0.29) is 5.91 Å². The van der Waals surface area contributed by atoms with Crippen LogP contribution in [0.1, 0.15) is 59.1 Å². The van der Waals surface area contributed by atoms with E-state index in [0.29, 0.717) is 34.6 Å². The highest BCUT2D eigenvalue weighted by Crippen LogP contribution is 2.45. The first kappa shape index (κ1) is 19.0. The van der Waals surface area contributed by atoms with Crippen LogP contribution < -0.4 is 0 Å². The first-order valence-electron chi connectivity index (χ1n) is 9.57. The number of amides is 1. The fourth-order valence-electron chi connectivity index (χ4n) is 4.61. The zero-order chi connectivity index (χ0) is 19.8. The minimum absolute atomic E-state index is 0.223. The van der Waals surface area contributed by atoms with Gasteiger partial charge in [0, 0.05) is 10.6 Å². The molecule has 0 spiro atoms. The second kappa shape index (κ2) is 7.57. The monoisotopic (exact) mass is 399 g/mol. The first-order chi connectivity index (χ1) is 13.5. The van der Waals surface area contributed by atoms with Crippen LogP contribution in [0.4, 0.5) is 0 Å². The average Bonchev–Trinajstić information content (AvgIpc) is 2.69. The normalized spacial score (nSPS) is 27.4. The topological polar surface area (TPSA) is 77.8 Å². The van der Waals surface area contributed by atoms with E-state index in [1.807, 2.05) is 0 Å². The molecule has 2 aromatic carbocycles. The van der Waals surface area contributed by atoms with Crippen molar-refractivity contribution in [2.24, 2.45) is 0 Å². The van der Waals surface area contributed by atoms with Crippen LogP contribution in [0.3, 0.4) is 0 Å². The van der Waals surface area contributed by atoms with Crippen molar-refractivity contribution in [3.05, 3.63) is 70.2 Å². The highest BCUT2D eigenvalue weighted by Gasteiger charge is 2.48. The standard InChI is InChI=1S/C22H22ClNO4/c23-14-11-9-13(10-12-14)20-19(22(27)28)15-5-1-2-6-16(15)21(26)24(20)17-7-3-4-8-18(17)25/h1-2,5-6,9-12,17-20,25H,3-4,7-8H2,(H,27,28)/t17-,18-,19-,20+/m1/s1. The second-order valence-corrected chi connectivity index (χ2v) is 7.97. The fraction of sp³-hybridized carbons (Fsp3) is 0.364. The average molecular weight is 400 g/mol. The molecular weight excluding hydrogens is 378 g/mol. The number of nitrogens with zero attached hydrogens (tertiary/aromatic N) is 1. The number of carboxylic acid groups (broad SMARTS) is 1. The summed E-state index contributed by atoms with van der Waals surface area (Å²) in [6.45, 7) is 0. The molecular formula is C22H22ClNO4. The number of halogens is 1. The lowest BCUT2D eigenvalue weighted by Crippen LogP contribution is -2.54. The number of aliphatic carboxylic acids is 1. The summed E-state index contributed by atoms with van der Waals surface area (Å²) in [5.74, 6) is -2.13. The van der Waals surface area contributed by atoms with Gasteiger partial charge in [0.05, 0.1) is 18.2 Å². The van der Waals surface area contributed by atoms with Crippen LogP contribution in [0.25, 0.3) is 0 Å². The van der Waals surface area contributed by atoms with Crippen LogP contribution in [0.15, 0.2) is 48.5 Å². The van der Waals surface area contributed by atoms with Crippen molar-refractivity contribution in [2.45, 2.75) is 49.8 Å². The van der Waals surface area contributed by atoms with Crippen molar-refractivity contribution in [1.29, 1.82) is 0 Å². The van der Waals surface area contributed by atoms with E-state index >= 15 is 0 Å². The molecule has 0 aromatic heterocycles. The lowest BCUT2D eigenvalue weighted by atomic mass is 9.77. The van der Waals surface area contributed by atoms with Crippen molar-refractivity contribution < 1.29 is 19.8 Å². The van der Waals surface area contributed by atoms with E-state index in [0.717, 1.165) is 12.8 Å². The Kier molecular flexibility index (Phi) is 5.13. The van der Waals surface area contributed by atoms with Crippen LogP contribution in [-0.4, -0.2) is 39.1 Å². The number of aliphatic hydroxyl groups excluding tert-OH is 1. The van der Waals surface area contributed by atoms with E-state index < -0.39 is 30.1 Å². The number of carbonyl (C=O) groups excluding carboxylic acids is 1. The predicted molar refractivity (Wildman–Crippen MR) is 105 cm³/mol. The molecule has 2 aliphatic rings. The number of carbonyl (C=O) groups is 2. The van der Waals surface area contributed by atoms with Crippen molar-refractivity contribution in [1.82, 2.24) is 4.90 Å². The maximum atomic E-state index is 13.5. The highest BCUT2D eigenvalue weighted by atomic mass is 35.5. The molecule has 0 radical (unpaired) electrons. The van der Waals surface area contributed by atoms with Gasteiger partial charge in [-0.1, -0.05) is 54.8 Å². The summed E-state index contributed by atoms with van der Waals surface area (Å²) in [5.41, 5.74) is 1.62. The molecule has 146 valence electrons. The molecule has 4 rings (SSSR count). The minimum Gasteiger partial charge on any atom is -0.481 e. The van der Waals surface area contributed by atoms with Crippen LogP contribution >= 0.6 is 11.6 Å². The Morgan fingerprint density at radius 3 is 2.39 bits per heavy atom. The SMILES string of the molecule is O=C(O)[C@@H]1c2ccccc2C(=O)N([C@@H]2CCCC[C@H]2O)[C@H]1c1ccc(Cl)cc1. The molecule has 2 N–H and O–H groups in total. The number of aliphatic hydroxyl groups is 1. The number of hydrogen-bond donors (Lipinski definition) is 2. The molecule has 1 aliphatic heterocycles. The van der Waals surface area contributed by atoms with Gasteiger partial charge in [0.25, 0.3) is 5.91 Å². The molecule has 1 saturated carbocycles. The Bertz CT molecular complexity index is 898. The lowest BCUT2D eigenvalue weighted by Gasteiger charge is -2.47. The third kappa shape index (κ3) is 3.19. The number of carboxylic acids is 1. The molecule has 2 aromatic rings. The summed E-state index contributed by atoms with van der Waals surface area (Å²) in [4.78, 5) is 27.5. The third-order valence-electron chi connectivity index (χ3n) is 5.91. The van der Waals surface area contributed by atoms with Crippen molar-refractivity contribution in [2.75, 3.05) is 0 Å². The van der Waals surface area contributed by atoms with Gasteiger partial charge in [-0.05, 0) is 42.2 Å². The molecule has 1 aliphatic carbocycles. The summed E-state index contributed by atoms with van der Waals surface area (Å²) in [6, 6.07) is 12.7. The van der Waals surface area contributed by atoms with E-state index in [9.17, 15) is 19.8 Å². The molecule has 0 saturated heterocycles. The van der Waals surface area contributed by atoms with E-state index in [4.69, 9.17) is 11.6 Å². The maximum absolute atomic E-state index is 13.5. The van der Waals surface area contributed by atoms with Gasteiger partial charge < -0.3 is 15.1 Å². The summed E-state index contributed by atoms with van der Waals surface area (Å²) in [6.07, 6.45) is 2.42. The molecule has 28 heavy (non-hydrogen) atoms. The summed E-state index contributed by atoms with van der Waals surface area (Å²) >= 11 is 6.03. The summed E-state index contributed by atoms with van der Waals surface area (Å²) in [5, 5.41) is 21.3. The van der Waals surface area contributed by atoms with Crippen molar-refractivity contribution >= 4 is 23.5 Å². The number of rotatable bonds is 3. The maximum Gasteiger partial charge on any atom is 0.313 e. The van der Waals surface area contributed by atoms with Gasteiger partial charge >= 0.3 is 5.97 Å². The van der Waals surface area contributed by atoms with Crippen LogP contribution in [0.5, 0.6) is 0 Å². The highest BCUT2D eigenvalue weighted by molar-refractivity contribution is 6.30. The Hall–Kier alpha value is -2.37. The van der Waals surface area contributed by atoms with Crippen molar-refractivity contribution in [3.63, 3.8) is 0 Å². The molecule has 6 heteroatoms. The largest absolute Gasteiger partial charge is 0.481 e. The third-order valence-corrected chi connectivity index (χ3v) is 6.16. The first-order valence-corrected chi connectivity index (χ1v) is 9.94. The predicted octanol–water partition coefficient (Wildman–Crippen LogP) is 4.01. The second-order valence-electron chi connectivity index (χ2n) is 7.53. The zero-order valence-electron chi connectivity index (χ0n) is 15.3. The van der Waals surface area contributed by atoms with Crippen molar-refractivity contribution in [3.8, 4) is 0 Å². The van der Waals surface area contributed by atoms with E-state index in [2.05, 4.69) is 0 Å². The summed E-state index contributed by atoms with van der Waals surface area (Å²) < 4.78 is 0. The Morgan fingerprint density at radius 2 is 1.71 bits per heavy atom. The van der Waals surface area contributed by atoms with Gasteiger partial charge in [-0.3, -0.25) is 9.59 Å². The van der Waals surface area contributed by atoms with Gasteiger partial charge in [0.2, 0.25) is 0 Å². The minimum atomic E-state index is -0.991. The van der Waals surface area contributed by atoms with Gasteiger partial charge in [-0.15, -0.1) is 0 Å². The molecule has 5 nitrogen and oxygen atoms in total. The molecule has 1 fully saturated rings. The Labute approximate surface area is 168 Å². The van der Waals surface area contributed by atoms with Gasteiger partial charge in [-0.2, -0.15) is 0 Å². The number of hydrogen-bond acceptors (Lipinski definition) is 3. The summed E-state index contributed by atoms with van der Waals surface area (Å²) in [7, 11) is 0. The van der Waals surface area contributed by atoms with Gasteiger partial charge in [0.15, 0.2) is 0 Å². The molecule has 4 atom stereocenters. The van der Waals surface area contributed by atoms with Crippen LogP contribution in [0, 0.1) is 0 Å². The molecule has 1 heterocycles. The molecule has 0 bridgehead atoms. The number of fused-ring (bicyclic) bond motifs is 1. The number of benzene rings is 2. The van der Waals surface area contributed by atoms with Gasteiger partial charge in [-0.25, -0.2) is 0 Å². The molecule has 0 unspecified atom stereocenters. The van der Waals surface area contributed by atoms with Crippen LogP contribution in [0.2, 0.25) is 5.02 Å². The van der Waals surface area contributed by atoms with Gasteiger partial charge in [0.1, 0.15) is 5.92 Å². The Balaban J connectivity index is 1.91. The molecule has 1 amide bonds. The quantitative estimate of drug-likeness (QED) is 0.817. The Morgan fingerprint density at radius 1 is 1.04 bits per heavy atom. The lowest BCUT2D eigenvalue weighted by molar-refractivity contribution is -0.141. The smallest absolute Gasteiger partial charge is 0.313 e.